The zero-order valence-electron chi connectivity index (χ0n) is 17.9. The fourth-order valence-electron chi connectivity index (χ4n) is 3.46. The minimum atomic E-state index is -0.387. The van der Waals surface area contributed by atoms with Crippen molar-refractivity contribution >= 4 is 46.6 Å². The number of benzene rings is 3. The Bertz CT molecular complexity index is 1260. The van der Waals surface area contributed by atoms with E-state index in [1.807, 2.05) is 37.3 Å². The predicted octanol–water partition coefficient (Wildman–Crippen LogP) is 5.64. The first kappa shape index (κ1) is 22.8. The number of halogens is 2. The van der Waals surface area contributed by atoms with E-state index in [1.54, 1.807) is 19.3 Å². The van der Waals surface area contributed by atoms with E-state index in [4.69, 9.17) is 33.3 Å². The van der Waals surface area contributed by atoms with Crippen molar-refractivity contribution in [2.45, 2.75) is 13.5 Å². The Morgan fingerprint density at radius 1 is 1.09 bits per heavy atom. The molecule has 0 spiro atoms. The first-order chi connectivity index (χ1) is 15.9. The molecule has 1 heterocycles. The lowest BCUT2D eigenvalue weighted by molar-refractivity contribution is -0.113. The number of aryl methyl sites for hydroxylation is 1. The lowest BCUT2D eigenvalue weighted by Gasteiger charge is -2.13. The highest BCUT2D eigenvalue weighted by Crippen LogP contribution is 2.27. The van der Waals surface area contributed by atoms with Crippen molar-refractivity contribution in [2.24, 2.45) is 0 Å². The highest BCUT2D eigenvalue weighted by Gasteiger charge is 2.32. The molecular weight excluding hydrogens is 463 g/mol. The summed E-state index contributed by atoms with van der Waals surface area (Å²) in [7, 11) is 1.59. The fourth-order valence-corrected chi connectivity index (χ4v) is 3.98. The third-order valence-corrected chi connectivity index (χ3v) is 5.62. The maximum atomic E-state index is 13.3. The molecule has 1 aliphatic rings. The molecule has 1 saturated heterocycles. The second-order valence-electron chi connectivity index (χ2n) is 7.37. The molecule has 0 saturated carbocycles. The van der Waals surface area contributed by atoms with Crippen LogP contribution in [0.5, 0.6) is 11.5 Å². The van der Waals surface area contributed by atoms with E-state index in [2.05, 4.69) is 5.32 Å². The van der Waals surface area contributed by atoms with E-state index in [0.717, 1.165) is 22.4 Å². The molecule has 0 radical (unpaired) electrons. The summed E-state index contributed by atoms with van der Waals surface area (Å²) in [6.07, 6.45) is 1.70. The molecule has 8 heteroatoms. The Hall–Kier alpha value is -3.42. The van der Waals surface area contributed by atoms with Gasteiger partial charge in [0.1, 0.15) is 29.6 Å². The van der Waals surface area contributed by atoms with Gasteiger partial charge in [-0.05, 0) is 90.9 Å². The van der Waals surface area contributed by atoms with Crippen LogP contribution in [0, 0.1) is 12.7 Å². The van der Waals surface area contributed by atoms with Gasteiger partial charge in [0.25, 0.3) is 5.91 Å². The van der Waals surface area contributed by atoms with Crippen LogP contribution >= 0.6 is 23.8 Å². The van der Waals surface area contributed by atoms with Gasteiger partial charge in [-0.25, -0.2) is 4.39 Å². The van der Waals surface area contributed by atoms with E-state index < -0.39 is 0 Å². The van der Waals surface area contributed by atoms with Crippen LogP contribution in [0.3, 0.4) is 0 Å². The third-order valence-electron chi connectivity index (χ3n) is 5.10. The maximum Gasteiger partial charge on any atom is 0.281 e. The lowest BCUT2D eigenvalue weighted by Crippen LogP contribution is -2.30. The van der Waals surface area contributed by atoms with Gasteiger partial charge in [0, 0.05) is 10.6 Å². The highest BCUT2D eigenvalue weighted by atomic mass is 35.5. The Balaban J connectivity index is 1.57. The lowest BCUT2D eigenvalue weighted by atomic mass is 10.1. The van der Waals surface area contributed by atoms with E-state index in [1.165, 1.54) is 29.2 Å². The van der Waals surface area contributed by atoms with Crippen molar-refractivity contribution in [3.63, 3.8) is 0 Å². The number of amides is 1. The molecule has 0 bridgehead atoms. The Labute approximate surface area is 201 Å². The number of nitrogens with zero attached hydrogens (tertiary/aromatic N) is 1. The summed E-state index contributed by atoms with van der Waals surface area (Å²) in [5, 5.41) is 3.81. The molecular formula is C25H20ClFN2O3S. The van der Waals surface area contributed by atoms with E-state index in [-0.39, 0.29) is 23.4 Å². The summed E-state index contributed by atoms with van der Waals surface area (Å²) in [5.74, 6) is 0.676. The van der Waals surface area contributed by atoms with Crippen molar-refractivity contribution in [1.29, 1.82) is 0 Å². The van der Waals surface area contributed by atoms with Gasteiger partial charge in [-0.3, -0.25) is 9.69 Å². The van der Waals surface area contributed by atoms with Crippen LogP contribution in [0.1, 0.15) is 16.7 Å². The molecule has 3 aromatic rings. The Morgan fingerprint density at radius 2 is 1.82 bits per heavy atom. The third kappa shape index (κ3) is 4.99. The normalized spacial score (nSPS) is 14.5. The summed E-state index contributed by atoms with van der Waals surface area (Å²) in [5.41, 5.74) is 3.31. The molecule has 0 aromatic heterocycles. The summed E-state index contributed by atoms with van der Waals surface area (Å²) in [6.45, 7) is 2.19. The van der Waals surface area contributed by atoms with Crippen LogP contribution in [0.4, 0.5) is 10.1 Å². The number of carbonyl (C=O) groups is 1. The largest absolute Gasteiger partial charge is 0.496 e. The molecule has 1 N–H and O–H groups in total. The molecule has 1 aliphatic heterocycles. The minimum Gasteiger partial charge on any atom is -0.496 e. The van der Waals surface area contributed by atoms with E-state index in [9.17, 15) is 9.18 Å². The summed E-state index contributed by atoms with van der Waals surface area (Å²) in [4.78, 5) is 14.3. The molecule has 1 fully saturated rings. The SMILES string of the molecule is COc1ccc(/C=C2/NC(=S)N(c3ccc(F)cc3)C2=O)cc1COc1ccc(Cl)cc1C. The van der Waals surface area contributed by atoms with Gasteiger partial charge in [-0.15, -0.1) is 0 Å². The first-order valence-electron chi connectivity index (χ1n) is 10.0. The van der Waals surface area contributed by atoms with Crippen LogP contribution in [0.2, 0.25) is 5.02 Å². The Morgan fingerprint density at radius 3 is 2.52 bits per heavy atom. The maximum absolute atomic E-state index is 13.3. The summed E-state index contributed by atoms with van der Waals surface area (Å²) < 4.78 is 24.7. The quantitative estimate of drug-likeness (QED) is 0.364. The van der Waals surface area contributed by atoms with Crippen molar-refractivity contribution in [3.05, 3.63) is 93.9 Å². The topological polar surface area (TPSA) is 50.8 Å². The number of rotatable bonds is 6. The zero-order valence-corrected chi connectivity index (χ0v) is 19.5. The number of hydrogen-bond acceptors (Lipinski definition) is 4. The Kier molecular flexibility index (Phi) is 6.62. The number of methoxy groups -OCH3 is 1. The van der Waals surface area contributed by atoms with Gasteiger partial charge in [-0.2, -0.15) is 0 Å². The number of anilines is 1. The van der Waals surface area contributed by atoms with Crippen LogP contribution in [0.15, 0.2) is 66.4 Å². The average Bonchev–Trinajstić information content (AvgIpc) is 3.06. The molecule has 0 aliphatic carbocycles. The molecule has 3 aromatic carbocycles. The average molecular weight is 483 g/mol. The van der Waals surface area contributed by atoms with Crippen molar-refractivity contribution in [2.75, 3.05) is 12.0 Å². The monoisotopic (exact) mass is 482 g/mol. The fraction of sp³-hybridized carbons (Fsp3) is 0.120. The van der Waals surface area contributed by atoms with Gasteiger partial charge >= 0.3 is 0 Å². The summed E-state index contributed by atoms with van der Waals surface area (Å²) in [6, 6.07) is 16.5. The van der Waals surface area contributed by atoms with Crippen molar-refractivity contribution in [1.82, 2.24) is 5.32 Å². The number of hydrogen-bond donors (Lipinski definition) is 1. The molecule has 0 unspecified atom stereocenters. The number of carbonyl (C=O) groups excluding carboxylic acids is 1. The molecule has 33 heavy (non-hydrogen) atoms. The summed E-state index contributed by atoms with van der Waals surface area (Å²) >= 11 is 11.3. The standard InChI is InChI=1S/C25H20ClFN2O3S/c1-15-11-18(26)4-10-22(15)32-14-17-12-16(3-9-23(17)31-2)13-21-24(30)29(25(33)28-21)20-7-5-19(27)6-8-20/h3-13H,14H2,1-2H3,(H,28,33)/b21-13+. The van der Waals surface area contributed by atoms with Crippen molar-refractivity contribution < 1.29 is 18.7 Å². The molecule has 5 nitrogen and oxygen atoms in total. The van der Waals surface area contributed by atoms with Gasteiger partial charge in [0.2, 0.25) is 0 Å². The molecule has 0 atom stereocenters. The van der Waals surface area contributed by atoms with E-state index in [0.29, 0.717) is 22.2 Å². The second kappa shape index (κ2) is 9.60. The van der Waals surface area contributed by atoms with Gasteiger partial charge < -0.3 is 14.8 Å². The second-order valence-corrected chi connectivity index (χ2v) is 8.20. The predicted molar refractivity (Wildman–Crippen MR) is 131 cm³/mol. The van der Waals surface area contributed by atoms with E-state index >= 15 is 0 Å². The first-order valence-corrected chi connectivity index (χ1v) is 10.8. The van der Waals surface area contributed by atoms with Crippen LogP contribution in [-0.2, 0) is 11.4 Å². The molecule has 4 rings (SSSR count). The molecule has 1 amide bonds. The van der Waals surface area contributed by atoms with Gasteiger partial charge in [-0.1, -0.05) is 17.7 Å². The van der Waals surface area contributed by atoms with Crippen LogP contribution in [-0.4, -0.2) is 18.1 Å². The highest BCUT2D eigenvalue weighted by molar-refractivity contribution is 7.80. The number of thiocarbonyl (C=S) groups is 1. The minimum absolute atomic E-state index is 0.230. The van der Waals surface area contributed by atoms with Gasteiger partial charge in [0.05, 0.1) is 12.8 Å². The number of nitrogens with one attached hydrogen (secondary N) is 1. The smallest absolute Gasteiger partial charge is 0.281 e. The van der Waals surface area contributed by atoms with Crippen LogP contribution in [0.25, 0.3) is 6.08 Å². The zero-order chi connectivity index (χ0) is 23.5. The number of ether oxygens (including phenoxy) is 2. The van der Waals surface area contributed by atoms with Crippen LogP contribution < -0.4 is 19.7 Å². The van der Waals surface area contributed by atoms with Gasteiger partial charge in [0.15, 0.2) is 5.11 Å². The van der Waals surface area contributed by atoms with Crippen molar-refractivity contribution in [3.8, 4) is 11.5 Å². The molecule has 168 valence electrons.